The van der Waals surface area contributed by atoms with Crippen LogP contribution in [0.15, 0.2) is 23.2 Å². The van der Waals surface area contributed by atoms with Crippen LogP contribution in [0, 0.1) is 23.0 Å². The van der Waals surface area contributed by atoms with Crippen molar-refractivity contribution in [3.63, 3.8) is 0 Å². The van der Waals surface area contributed by atoms with Gasteiger partial charge in [-0.15, -0.1) is 0 Å². The molecule has 1 aliphatic carbocycles. The first-order valence-corrected chi connectivity index (χ1v) is 17.0. The Morgan fingerprint density at radius 3 is 2.41 bits per heavy atom. The monoisotopic (exact) mass is 555 g/mol. The Morgan fingerprint density at radius 1 is 1.27 bits per heavy atom. The molecule has 1 unspecified atom stereocenters. The highest BCUT2D eigenvalue weighted by Gasteiger charge is 2.72. The number of carboxylic acid groups (broad SMARTS) is 1. The van der Waals surface area contributed by atoms with Crippen molar-refractivity contribution in [3.8, 4) is 0 Å². The van der Waals surface area contributed by atoms with Crippen LogP contribution in [0.3, 0.4) is 0 Å². The van der Waals surface area contributed by atoms with Crippen LogP contribution in [0.25, 0.3) is 0 Å². The van der Waals surface area contributed by atoms with Crippen LogP contribution in [0.2, 0.25) is 25.7 Å². The number of benzene rings is 1. The van der Waals surface area contributed by atoms with Crippen molar-refractivity contribution < 1.29 is 28.2 Å². The molecule has 11 heteroatoms. The Bertz CT molecular complexity index is 1100. The van der Waals surface area contributed by atoms with E-state index in [1.165, 1.54) is 17.0 Å². The van der Waals surface area contributed by atoms with Crippen LogP contribution in [-0.4, -0.2) is 71.8 Å². The predicted molar refractivity (Wildman–Crippen MR) is 145 cm³/mol. The van der Waals surface area contributed by atoms with Gasteiger partial charge in [0.15, 0.2) is 16.8 Å². The molecule has 1 fully saturated rings. The van der Waals surface area contributed by atoms with E-state index >= 15 is 4.39 Å². The first kappa shape index (κ1) is 29.6. The Labute approximate surface area is 223 Å². The van der Waals surface area contributed by atoms with E-state index in [2.05, 4.69) is 19.6 Å². The number of rotatable bonds is 7. The third kappa shape index (κ3) is 5.73. The van der Waals surface area contributed by atoms with Gasteiger partial charge in [0.2, 0.25) is 5.91 Å². The summed E-state index contributed by atoms with van der Waals surface area (Å²) < 4.78 is 34.6. The highest BCUT2D eigenvalue weighted by atomic mass is 32.2. The molecule has 206 valence electrons. The zero-order chi connectivity index (χ0) is 28.1. The number of amidine groups is 1. The second kappa shape index (κ2) is 9.96. The van der Waals surface area contributed by atoms with Crippen molar-refractivity contribution in [2.75, 3.05) is 20.7 Å². The van der Waals surface area contributed by atoms with E-state index < -0.39 is 53.6 Å². The number of carbonyl (C=O) groups excluding carboxylic acids is 1. The molecule has 1 N–H and O–H groups in total. The van der Waals surface area contributed by atoms with Crippen LogP contribution < -0.4 is 0 Å². The standard InChI is InChI=1S/C26H39F2N3O4SSi/c1-24(2,3)21(35-13-14-37(7,8)9)31(23(33)34)22-29-25(4,16-11-10-12-17(27)19(16)28)18-15-26(18,36-22)20(32)30(5)6/h10-12,18,21H,13-15H2,1-9H3,(H,33,34)/t18-,21?,25+,26-/m0/s1. The van der Waals surface area contributed by atoms with E-state index in [4.69, 9.17) is 9.73 Å². The number of carbonyl (C=O) groups is 2. The SMILES string of the molecule is CN(C)C(=O)[C@]12C[C@H]1[C@@](C)(c1cccc(F)c1F)N=C(N(C(=O)O)C(OCC[Si](C)(C)C)C(C)(C)C)S2. The summed E-state index contributed by atoms with van der Waals surface area (Å²) in [6.45, 7) is 14.3. The molecule has 1 heterocycles. The fourth-order valence-corrected chi connectivity index (χ4v) is 7.30. The van der Waals surface area contributed by atoms with Crippen molar-refractivity contribution >= 4 is 37.0 Å². The van der Waals surface area contributed by atoms with E-state index in [1.807, 2.05) is 20.8 Å². The van der Waals surface area contributed by atoms with E-state index in [9.17, 15) is 19.1 Å². The Balaban J connectivity index is 2.16. The van der Waals surface area contributed by atoms with E-state index in [-0.39, 0.29) is 16.6 Å². The second-order valence-electron chi connectivity index (χ2n) is 12.6. The summed E-state index contributed by atoms with van der Waals surface area (Å²) in [6.07, 6.45) is -1.83. The average Bonchev–Trinajstić information content (AvgIpc) is 3.49. The molecule has 2 aliphatic rings. The molecule has 0 aromatic heterocycles. The molecule has 1 saturated carbocycles. The zero-order valence-corrected chi connectivity index (χ0v) is 25.0. The van der Waals surface area contributed by atoms with Gasteiger partial charge in [0.25, 0.3) is 0 Å². The predicted octanol–water partition coefficient (Wildman–Crippen LogP) is 5.84. The zero-order valence-electron chi connectivity index (χ0n) is 23.2. The van der Waals surface area contributed by atoms with Crippen molar-refractivity contribution in [1.82, 2.24) is 9.80 Å². The Hall–Kier alpha value is -1.98. The van der Waals surface area contributed by atoms with Gasteiger partial charge < -0.3 is 14.7 Å². The van der Waals surface area contributed by atoms with Crippen LogP contribution in [0.1, 0.15) is 39.7 Å². The average molecular weight is 556 g/mol. The third-order valence-electron chi connectivity index (χ3n) is 6.97. The summed E-state index contributed by atoms with van der Waals surface area (Å²) >= 11 is 1.09. The van der Waals surface area contributed by atoms with Gasteiger partial charge in [-0.1, -0.05) is 64.3 Å². The van der Waals surface area contributed by atoms with Crippen molar-refractivity contribution in [2.45, 2.75) is 76.3 Å². The third-order valence-corrected chi connectivity index (χ3v) is 10.1. The lowest BCUT2D eigenvalue weighted by molar-refractivity contribution is -0.129. The largest absolute Gasteiger partial charge is 0.465 e. The Kier molecular flexibility index (Phi) is 7.96. The molecule has 0 radical (unpaired) electrons. The van der Waals surface area contributed by atoms with Gasteiger partial charge in [-0.05, 0) is 25.5 Å². The lowest BCUT2D eigenvalue weighted by atomic mass is 9.85. The summed E-state index contributed by atoms with van der Waals surface area (Å²) in [5.74, 6) is -2.71. The number of fused-ring (bicyclic) bond motifs is 1. The maximum Gasteiger partial charge on any atom is 0.415 e. The fourth-order valence-electron chi connectivity index (χ4n) is 4.85. The number of halogens is 2. The van der Waals surface area contributed by atoms with Crippen LogP contribution >= 0.6 is 11.8 Å². The molecule has 1 aromatic carbocycles. The van der Waals surface area contributed by atoms with Crippen LogP contribution in [-0.2, 0) is 15.1 Å². The quantitative estimate of drug-likeness (QED) is 0.338. The molecule has 3 rings (SSSR count). The highest BCUT2D eigenvalue weighted by Crippen LogP contribution is 2.67. The lowest BCUT2D eigenvalue weighted by Crippen LogP contribution is -2.54. The molecule has 4 atom stereocenters. The number of hydrogen-bond donors (Lipinski definition) is 1. The van der Waals surface area contributed by atoms with Crippen molar-refractivity contribution in [1.29, 1.82) is 0 Å². The molecular weight excluding hydrogens is 516 g/mol. The van der Waals surface area contributed by atoms with Gasteiger partial charge in [0.05, 0.1) is 5.54 Å². The molecule has 1 aromatic rings. The second-order valence-corrected chi connectivity index (χ2v) is 19.6. The summed E-state index contributed by atoms with van der Waals surface area (Å²) in [5.41, 5.74) is -1.99. The summed E-state index contributed by atoms with van der Waals surface area (Å²) in [6, 6.07) is 4.72. The maximum absolute atomic E-state index is 15.1. The van der Waals surface area contributed by atoms with Gasteiger partial charge in [0.1, 0.15) is 11.0 Å². The first-order valence-electron chi connectivity index (χ1n) is 12.4. The van der Waals surface area contributed by atoms with E-state index in [1.54, 1.807) is 21.0 Å². The number of nitrogens with zero attached hydrogens (tertiary/aromatic N) is 3. The molecular formula is C26H39F2N3O4SSi. The minimum absolute atomic E-state index is 0.000953. The molecule has 0 saturated heterocycles. The van der Waals surface area contributed by atoms with Crippen LogP contribution in [0.4, 0.5) is 13.6 Å². The summed E-state index contributed by atoms with van der Waals surface area (Å²) in [7, 11) is 1.80. The number of hydrogen-bond acceptors (Lipinski definition) is 5. The van der Waals surface area contributed by atoms with Gasteiger partial charge in [-0.25, -0.2) is 18.5 Å². The van der Waals surface area contributed by atoms with Crippen molar-refractivity contribution in [3.05, 3.63) is 35.4 Å². The minimum Gasteiger partial charge on any atom is -0.465 e. The number of thioether (sulfide) groups is 1. The molecule has 2 amide bonds. The normalized spacial score (nSPS) is 26.1. The minimum atomic E-state index is -1.46. The summed E-state index contributed by atoms with van der Waals surface area (Å²) in [4.78, 5) is 33.5. The van der Waals surface area contributed by atoms with Crippen LogP contribution in [0.5, 0.6) is 0 Å². The van der Waals surface area contributed by atoms with E-state index in [0.717, 1.165) is 28.8 Å². The maximum atomic E-state index is 15.1. The van der Waals surface area contributed by atoms with Gasteiger partial charge in [-0.3, -0.25) is 9.79 Å². The topological polar surface area (TPSA) is 82.4 Å². The molecule has 7 nitrogen and oxygen atoms in total. The van der Waals surface area contributed by atoms with Gasteiger partial charge >= 0.3 is 6.09 Å². The highest BCUT2D eigenvalue weighted by molar-refractivity contribution is 8.16. The molecule has 0 bridgehead atoms. The Morgan fingerprint density at radius 2 is 1.89 bits per heavy atom. The fraction of sp³-hybridized carbons (Fsp3) is 0.654. The first-order chi connectivity index (χ1) is 16.8. The molecule has 0 spiro atoms. The lowest BCUT2D eigenvalue weighted by Gasteiger charge is -2.42. The molecule has 1 aliphatic heterocycles. The van der Waals surface area contributed by atoms with Gasteiger partial charge in [0, 0.05) is 45.7 Å². The van der Waals surface area contributed by atoms with Gasteiger partial charge in [-0.2, -0.15) is 0 Å². The summed E-state index contributed by atoms with van der Waals surface area (Å²) in [5, 5.41) is 10.5. The number of amides is 2. The number of ether oxygens (including phenoxy) is 1. The van der Waals surface area contributed by atoms with Crippen molar-refractivity contribution in [2.24, 2.45) is 16.3 Å². The number of aliphatic imine (C=N–C) groups is 1. The van der Waals surface area contributed by atoms with E-state index in [0.29, 0.717) is 13.0 Å². The smallest absolute Gasteiger partial charge is 0.415 e. The molecule has 37 heavy (non-hydrogen) atoms.